The molecule has 0 aliphatic carbocycles. The number of aryl methyl sites for hydroxylation is 1. The Balaban J connectivity index is 1.44. The van der Waals surface area contributed by atoms with E-state index in [1.165, 1.54) is 12.1 Å². The normalized spacial score (nSPS) is 20.4. The highest BCUT2D eigenvalue weighted by molar-refractivity contribution is 5.99. The highest BCUT2D eigenvalue weighted by atomic mass is 19.1. The minimum atomic E-state index is -0.284. The molecule has 2 saturated heterocycles. The molecule has 2 aliphatic rings. The molecular weight excluding hydrogens is 445 g/mol. The lowest BCUT2D eigenvalue weighted by atomic mass is 9.93. The summed E-state index contributed by atoms with van der Waals surface area (Å²) in [5.74, 6) is 0.434. The Morgan fingerprint density at radius 3 is 2.71 bits per heavy atom. The number of likely N-dealkylation sites (tertiary alicyclic amines) is 1. The molecule has 0 saturated carbocycles. The summed E-state index contributed by atoms with van der Waals surface area (Å²) in [7, 11) is 1.64. The number of rotatable bonds is 6. The van der Waals surface area contributed by atoms with Gasteiger partial charge in [0.15, 0.2) is 0 Å². The molecule has 35 heavy (non-hydrogen) atoms. The van der Waals surface area contributed by atoms with Gasteiger partial charge in [-0.3, -0.25) is 4.79 Å². The zero-order chi connectivity index (χ0) is 24.4. The van der Waals surface area contributed by atoms with Crippen molar-refractivity contribution in [2.75, 3.05) is 20.3 Å². The third-order valence-corrected chi connectivity index (χ3v) is 6.78. The topological polar surface area (TPSA) is 56.6 Å². The minimum absolute atomic E-state index is 0.00866. The van der Waals surface area contributed by atoms with E-state index >= 15 is 0 Å². The molecule has 0 bridgehead atoms. The first-order chi connectivity index (χ1) is 17.0. The van der Waals surface area contributed by atoms with Crippen LogP contribution in [0.1, 0.15) is 48.5 Å². The number of hydrogen-bond acceptors (Lipinski definition) is 4. The maximum atomic E-state index is 13.7. The second-order valence-electron chi connectivity index (χ2n) is 9.17. The smallest absolute Gasteiger partial charge is 0.250 e. The molecule has 0 spiro atoms. The Bertz CT molecular complexity index is 1230. The van der Waals surface area contributed by atoms with E-state index in [2.05, 4.69) is 4.98 Å². The fraction of sp³-hybridized carbons (Fsp3) is 0.357. The van der Waals surface area contributed by atoms with Gasteiger partial charge < -0.3 is 18.9 Å². The summed E-state index contributed by atoms with van der Waals surface area (Å²) in [4.78, 5) is 19.9. The molecule has 2 aromatic carbocycles. The molecule has 1 aromatic heterocycles. The van der Waals surface area contributed by atoms with E-state index in [1.54, 1.807) is 25.6 Å². The lowest BCUT2D eigenvalue weighted by Crippen LogP contribution is -2.44. The molecule has 1 amide bonds. The molecule has 0 N–H and O–H groups in total. The minimum Gasteiger partial charge on any atom is -0.495 e. The monoisotopic (exact) mass is 475 g/mol. The van der Waals surface area contributed by atoms with Crippen LogP contribution in [0.5, 0.6) is 5.75 Å². The Morgan fingerprint density at radius 2 is 2.03 bits per heavy atom. The average molecular weight is 476 g/mol. The molecule has 5 rings (SSSR count). The van der Waals surface area contributed by atoms with Crippen molar-refractivity contribution in [3.63, 3.8) is 0 Å². The van der Waals surface area contributed by atoms with Crippen molar-refractivity contribution in [2.24, 2.45) is 0 Å². The fourth-order valence-corrected chi connectivity index (χ4v) is 5.09. The largest absolute Gasteiger partial charge is 0.495 e. The molecule has 0 radical (unpaired) electrons. The summed E-state index contributed by atoms with van der Waals surface area (Å²) in [5, 5.41) is 0. The van der Waals surface area contributed by atoms with Crippen LogP contribution in [0.4, 0.5) is 4.39 Å². The van der Waals surface area contributed by atoms with Gasteiger partial charge in [0.2, 0.25) is 5.91 Å². The number of imidazole rings is 1. The van der Waals surface area contributed by atoms with Gasteiger partial charge >= 0.3 is 0 Å². The van der Waals surface area contributed by atoms with Gasteiger partial charge in [-0.15, -0.1) is 0 Å². The molecule has 182 valence electrons. The van der Waals surface area contributed by atoms with Crippen LogP contribution in [0.25, 0.3) is 11.8 Å². The zero-order valence-electron chi connectivity index (χ0n) is 20.1. The van der Waals surface area contributed by atoms with Crippen LogP contribution in [0.15, 0.2) is 60.6 Å². The molecule has 1 unspecified atom stereocenters. The van der Waals surface area contributed by atoms with Gasteiger partial charge in [0, 0.05) is 24.9 Å². The predicted octanol–water partition coefficient (Wildman–Crippen LogP) is 5.25. The van der Waals surface area contributed by atoms with Crippen LogP contribution in [0.3, 0.4) is 0 Å². The van der Waals surface area contributed by atoms with E-state index in [0.29, 0.717) is 25.3 Å². The maximum Gasteiger partial charge on any atom is 0.250 e. The maximum absolute atomic E-state index is 13.7. The van der Waals surface area contributed by atoms with E-state index < -0.39 is 0 Å². The standard InChI is InChI=1S/C28H30FN3O3/c1-19-17-31(18-30-19)24-12-7-20(16-26(24)34-2)15-22-5-3-13-32(28(22)33)27(25-6-4-14-35-25)21-8-10-23(29)11-9-21/h7-12,15-18,25,27H,3-6,13-14H2,1-2H3/b22-15+/t25-,27?/m0/s1. The first-order valence-electron chi connectivity index (χ1n) is 12.1. The molecule has 3 heterocycles. The summed E-state index contributed by atoms with van der Waals surface area (Å²) >= 11 is 0. The van der Waals surface area contributed by atoms with Crippen molar-refractivity contribution < 1.29 is 18.7 Å². The molecule has 2 fully saturated rings. The quantitative estimate of drug-likeness (QED) is 0.457. The van der Waals surface area contributed by atoms with E-state index in [4.69, 9.17) is 9.47 Å². The van der Waals surface area contributed by atoms with Gasteiger partial charge in [0.25, 0.3) is 0 Å². The number of amides is 1. The number of ether oxygens (including phenoxy) is 2. The third-order valence-electron chi connectivity index (χ3n) is 6.78. The van der Waals surface area contributed by atoms with Crippen LogP contribution >= 0.6 is 0 Å². The second kappa shape index (κ2) is 10.0. The Morgan fingerprint density at radius 1 is 1.20 bits per heavy atom. The SMILES string of the molecule is COc1cc(/C=C2\CCCN(C(c3ccc(F)cc3)[C@@H]3CCCO3)C2=O)ccc1-n1cnc(C)c1. The van der Waals surface area contributed by atoms with Crippen LogP contribution in [0.2, 0.25) is 0 Å². The average Bonchev–Trinajstić information content (AvgIpc) is 3.55. The van der Waals surface area contributed by atoms with Crippen molar-refractivity contribution in [3.8, 4) is 11.4 Å². The summed E-state index contributed by atoms with van der Waals surface area (Å²) in [6.07, 6.45) is 9.01. The number of carbonyl (C=O) groups is 1. The molecule has 6 nitrogen and oxygen atoms in total. The molecule has 2 aliphatic heterocycles. The van der Waals surface area contributed by atoms with Crippen molar-refractivity contribution in [2.45, 2.75) is 44.8 Å². The van der Waals surface area contributed by atoms with Gasteiger partial charge in [0.1, 0.15) is 11.6 Å². The molecule has 7 heteroatoms. The van der Waals surface area contributed by atoms with Crippen LogP contribution in [-0.4, -0.2) is 46.7 Å². The summed E-state index contributed by atoms with van der Waals surface area (Å²) in [5.41, 5.74) is 4.39. The van der Waals surface area contributed by atoms with Crippen molar-refractivity contribution in [1.29, 1.82) is 0 Å². The second-order valence-corrected chi connectivity index (χ2v) is 9.17. The van der Waals surface area contributed by atoms with E-state index in [1.807, 2.05) is 46.9 Å². The summed E-state index contributed by atoms with van der Waals surface area (Å²) in [6.45, 7) is 3.29. The lowest BCUT2D eigenvalue weighted by Gasteiger charge is -2.38. The van der Waals surface area contributed by atoms with Gasteiger partial charge in [-0.25, -0.2) is 9.37 Å². The first-order valence-corrected chi connectivity index (χ1v) is 12.1. The van der Waals surface area contributed by atoms with Crippen LogP contribution in [0, 0.1) is 12.7 Å². The number of aromatic nitrogens is 2. The van der Waals surface area contributed by atoms with Crippen molar-refractivity contribution in [1.82, 2.24) is 14.5 Å². The van der Waals surface area contributed by atoms with E-state index in [9.17, 15) is 9.18 Å². The number of benzene rings is 2. The lowest BCUT2D eigenvalue weighted by molar-refractivity contribution is -0.134. The predicted molar refractivity (Wildman–Crippen MR) is 132 cm³/mol. The molecular formula is C28H30FN3O3. The highest BCUT2D eigenvalue weighted by Crippen LogP contribution is 2.36. The fourth-order valence-electron chi connectivity index (χ4n) is 5.09. The van der Waals surface area contributed by atoms with E-state index in [-0.39, 0.29) is 23.9 Å². The number of methoxy groups -OCH3 is 1. The Kier molecular flexibility index (Phi) is 6.68. The molecule has 3 aromatic rings. The highest BCUT2D eigenvalue weighted by Gasteiger charge is 2.37. The Labute approximate surface area is 205 Å². The summed E-state index contributed by atoms with van der Waals surface area (Å²) in [6, 6.07) is 12.1. The number of halogens is 1. The number of piperidine rings is 1. The van der Waals surface area contributed by atoms with E-state index in [0.717, 1.165) is 47.3 Å². The van der Waals surface area contributed by atoms with Crippen LogP contribution in [-0.2, 0) is 9.53 Å². The Hall–Kier alpha value is -3.45. The van der Waals surface area contributed by atoms with Gasteiger partial charge in [-0.2, -0.15) is 0 Å². The van der Waals surface area contributed by atoms with Crippen molar-refractivity contribution >= 4 is 12.0 Å². The number of carbonyl (C=O) groups excluding carboxylic acids is 1. The third kappa shape index (κ3) is 4.86. The van der Waals surface area contributed by atoms with Crippen molar-refractivity contribution in [3.05, 3.63) is 83.2 Å². The summed E-state index contributed by atoms with van der Waals surface area (Å²) < 4.78 is 27.2. The van der Waals surface area contributed by atoms with Gasteiger partial charge in [-0.1, -0.05) is 18.2 Å². The number of hydrogen-bond donors (Lipinski definition) is 0. The number of nitrogens with zero attached hydrogens (tertiary/aromatic N) is 3. The van der Waals surface area contributed by atoms with Crippen LogP contribution < -0.4 is 4.74 Å². The zero-order valence-corrected chi connectivity index (χ0v) is 20.1. The first kappa shape index (κ1) is 23.3. The van der Waals surface area contributed by atoms with Gasteiger partial charge in [0.05, 0.1) is 37.0 Å². The molecule has 2 atom stereocenters. The van der Waals surface area contributed by atoms with Gasteiger partial charge in [-0.05, 0) is 74.1 Å².